The van der Waals surface area contributed by atoms with Crippen LogP contribution in [0.15, 0.2) is 18.2 Å². The van der Waals surface area contributed by atoms with Gasteiger partial charge in [0.05, 0.1) is 10.7 Å². The molecule has 1 atom stereocenters. The molecule has 1 aliphatic rings. The third kappa shape index (κ3) is 2.50. The molecule has 0 saturated carbocycles. The second kappa shape index (κ2) is 5.26. The third-order valence-corrected chi connectivity index (χ3v) is 3.90. The first-order valence-corrected chi connectivity index (χ1v) is 7.14. The lowest BCUT2D eigenvalue weighted by Gasteiger charge is -2.42. The maximum Gasteiger partial charge on any atom is 0.252 e. The largest absolute Gasteiger partial charge is 0.340 e. The van der Waals surface area contributed by atoms with E-state index in [2.05, 4.69) is 5.32 Å². The van der Waals surface area contributed by atoms with Crippen molar-refractivity contribution in [3.63, 3.8) is 0 Å². The van der Waals surface area contributed by atoms with E-state index in [-0.39, 0.29) is 11.8 Å². The fraction of sp³-hybridized carbons (Fsp3) is 0.429. The summed E-state index contributed by atoms with van der Waals surface area (Å²) in [4.78, 5) is 26.3. The Morgan fingerprint density at radius 3 is 2.50 bits per heavy atom. The van der Waals surface area contributed by atoms with E-state index in [1.54, 1.807) is 32.0 Å². The number of benzene rings is 1. The van der Waals surface area contributed by atoms with E-state index < -0.39 is 11.6 Å². The average Bonchev–Trinajstić information content (AvgIpc) is 2.34. The maximum absolute atomic E-state index is 12.6. The van der Waals surface area contributed by atoms with Gasteiger partial charge < -0.3 is 5.32 Å². The Labute approximate surface area is 128 Å². The van der Waals surface area contributed by atoms with Crippen molar-refractivity contribution in [1.82, 2.24) is 5.32 Å². The number of anilines is 1. The van der Waals surface area contributed by atoms with Crippen LogP contribution in [0.5, 0.6) is 0 Å². The Morgan fingerprint density at radius 1 is 1.30 bits per heavy atom. The van der Waals surface area contributed by atoms with E-state index in [1.165, 1.54) is 4.90 Å². The van der Waals surface area contributed by atoms with Crippen LogP contribution in [0.1, 0.15) is 27.2 Å². The minimum Gasteiger partial charge on any atom is -0.340 e. The highest BCUT2D eigenvalue weighted by Crippen LogP contribution is 2.34. The van der Waals surface area contributed by atoms with Crippen LogP contribution in [0.4, 0.5) is 5.69 Å². The van der Waals surface area contributed by atoms with Crippen molar-refractivity contribution in [2.24, 2.45) is 0 Å². The molecule has 6 heteroatoms. The Kier molecular flexibility index (Phi) is 3.98. The van der Waals surface area contributed by atoms with Crippen LogP contribution in [-0.4, -0.2) is 23.4 Å². The molecule has 2 amide bonds. The molecule has 1 unspecified atom stereocenters. The summed E-state index contributed by atoms with van der Waals surface area (Å²) in [5, 5.41) is 3.58. The standard InChI is InChI=1S/C14H16Cl2N2O2/c1-4-10-12(19)17-14(2,3)13(20)18(10)11-6-5-8(15)7-9(11)16/h5-7,10H,4H2,1-3H3,(H,17,19). The molecular weight excluding hydrogens is 299 g/mol. The van der Waals surface area contributed by atoms with Crippen molar-refractivity contribution in [2.45, 2.75) is 38.8 Å². The smallest absolute Gasteiger partial charge is 0.252 e. The monoisotopic (exact) mass is 314 g/mol. The van der Waals surface area contributed by atoms with Crippen LogP contribution in [0.3, 0.4) is 0 Å². The molecule has 0 spiro atoms. The molecule has 108 valence electrons. The minimum absolute atomic E-state index is 0.178. The molecule has 1 aromatic carbocycles. The summed E-state index contributed by atoms with van der Waals surface area (Å²) >= 11 is 12.1. The molecule has 1 fully saturated rings. The molecular formula is C14H16Cl2N2O2. The quantitative estimate of drug-likeness (QED) is 0.912. The van der Waals surface area contributed by atoms with Gasteiger partial charge >= 0.3 is 0 Å². The Hall–Kier alpha value is -1.26. The zero-order chi connectivity index (χ0) is 15.1. The van der Waals surface area contributed by atoms with Gasteiger partial charge in [-0.25, -0.2) is 0 Å². The van der Waals surface area contributed by atoms with Crippen molar-refractivity contribution in [3.8, 4) is 0 Å². The van der Waals surface area contributed by atoms with Gasteiger partial charge in [-0.05, 0) is 38.5 Å². The number of carbonyl (C=O) groups excluding carboxylic acids is 2. The molecule has 0 aromatic heterocycles. The van der Waals surface area contributed by atoms with Gasteiger partial charge in [-0.1, -0.05) is 30.1 Å². The second-order valence-electron chi connectivity index (χ2n) is 5.31. The van der Waals surface area contributed by atoms with Crippen LogP contribution in [0.25, 0.3) is 0 Å². The number of piperazine rings is 1. The average molecular weight is 315 g/mol. The molecule has 1 aromatic rings. The number of rotatable bonds is 2. The molecule has 1 N–H and O–H groups in total. The fourth-order valence-electron chi connectivity index (χ4n) is 2.33. The molecule has 20 heavy (non-hydrogen) atoms. The number of nitrogens with one attached hydrogen (secondary N) is 1. The van der Waals surface area contributed by atoms with Crippen LogP contribution in [-0.2, 0) is 9.59 Å². The molecule has 0 radical (unpaired) electrons. The van der Waals surface area contributed by atoms with Gasteiger partial charge in [-0.3, -0.25) is 14.5 Å². The topological polar surface area (TPSA) is 49.4 Å². The van der Waals surface area contributed by atoms with Gasteiger partial charge in [0.15, 0.2) is 0 Å². The van der Waals surface area contributed by atoms with E-state index in [0.717, 1.165) is 0 Å². The Bertz CT molecular complexity index is 572. The summed E-state index contributed by atoms with van der Waals surface area (Å²) in [5.74, 6) is -0.365. The summed E-state index contributed by atoms with van der Waals surface area (Å²) in [6, 6.07) is 4.33. The summed E-state index contributed by atoms with van der Waals surface area (Å²) in [6.07, 6.45) is 0.507. The molecule has 0 aliphatic carbocycles. The molecule has 0 bridgehead atoms. The minimum atomic E-state index is -0.953. The van der Waals surface area contributed by atoms with Crippen molar-refractivity contribution < 1.29 is 9.59 Å². The predicted molar refractivity (Wildman–Crippen MR) is 80.2 cm³/mol. The van der Waals surface area contributed by atoms with E-state index in [4.69, 9.17) is 23.2 Å². The first-order valence-electron chi connectivity index (χ1n) is 6.38. The summed E-state index contributed by atoms with van der Waals surface area (Å²) in [7, 11) is 0. The lowest BCUT2D eigenvalue weighted by atomic mass is 9.95. The van der Waals surface area contributed by atoms with Gasteiger partial charge in [-0.2, -0.15) is 0 Å². The number of hydrogen-bond acceptors (Lipinski definition) is 2. The Morgan fingerprint density at radius 2 is 1.95 bits per heavy atom. The lowest BCUT2D eigenvalue weighted by Crippen LogP contribution is -2.68. The van der Waals surface area contributed by atoms with Gasteiger partial charge in [0.25, 0.3) is 5.91 Å². The number of amides is 2. The van der Waals surface area contributed by atoms with E-state index in [1.807, 2.05) is 6.92 Å². The van der Waals surface area contributed by atoms with Gasteiger partial charge in [0.1, 0.15) is 11.6 Å². The number of hydrogen-bond donors (Lipinski definition) is 1. The zero-order valence-electron chi connectivity index (χ0n) is 11.5. The first-order chi connectivity index (χ1) is 9.27. The van der Waals surface area contributed by atoms with Gasteiger partial charge in [-0.15, -0.1) is 0 Å². The molecule has 1 aliphatic heterocycles. The molecule has 4 nitrogen and oxygen atoms in total. The van der Waals surface area contributed by atoms with Crippen molar-refractivity contribution in [1.29, 1.82) is 0 Å². The van der Waals surface area contributed by atoms with Crippen molar-refractivity contribution >= 4 is 40.7 Å². The highest BCUT2D eigenvalue weighted by atomic mass is 35.5. The van der Waals surface area contributed by atoms with Gasteiger partial charge in [0.2, 0.25) is 5.91 Å². The van der Waals surface area contributed by atoms with Crippen LogP contribution in [0, 0.1) is 0 Å². The van der Waals surface area contributed by atoms with Crippen LogP contribution in [0.2, 0.25) is 10.0 Å². The highest BCUT2D eigenvalue weighted by Gasteiger charge is 2.45. The normalized spacial score (nSPS) is 21.9. The second-order valence-corrected chi connectivity index (χ2v) is 6.15. The molecule has 1 heterocycles. The zero-order valence-corrected chi connectivity index (χ0v) is 13.0. The van der Waals surface area contributed by atoms with Crippen molar-refractivity contribution in [2.75, 3.05) is 4.90 Å². The molecule has 2 rings (SSSR count). The Balaban J connectivity index is 2.54. The van der Waals surface area contributed by atoms with E-state index in [0.29, 0.717) is 22.2 Å². The van der Waals surface area contributed by atoms with Gasteiger partial charge in [0, 0.05) is 5.02 Å². The summed E-state index contributed by atoms with van der Waals surface area (Å²) in [5.41, 5.74) is -0.443. The molecule has 1 saturated heterocycles. The maximum atomic E-state index is 12.6. The van der Waals surface area contributed by atoms with Crippen LogP contribution < -0.4 is 10.2 Å². The third-order valence-electron chi connectivity index (χ3n) is 3.36. The van der Waals surface area contributed by atoms with Crippen molar-refractivity contribution in [3.05, 3.63) is 28.2 Å². The summed E-state index contributed by atoms with van der Waals surface area (Å²) in [6.45, 7) is 5.21. The van der Waals surface area contributed by atoms with Crippen LogP contribution >= 0.6 is 23.2 Å². The first kappa shape index (κ1) is 15.1. The van der Waals surface area contributed by atoms with E-state index >= 15 is 0 Å². The lowest BCUT2D eigenvalue weighted by molar-refractivity contribution is -0.137. The number of halogens is 2. The number of nitrogens with zero attached hydrogens (tertiary/aromatic N) is 1. The fourth-order valence-corrected chi connectivity index (χ4v) is 2.83. The SMILES string of the molecule is CCC1C(=O)NC(C)(C)C(=O)N1c1ccc(Cl)cc1Cl. The van der Waals surface area contributed by atoms with E-state index in [9.17, 15) is 9.59 Å². The summed E-state index contributed by atoms with van der Waals surface area (Å²) < 4.78 is 0. The predicted octanol–water partition coefficient (Wildman–Crippen LogP) is 3.01. The number of carbonyl (C=O) groups is 2. The highest BCUT2D eigenvalue weighted by molar-refractivity contribution is 6.37.